The molecule has 1 aromatic rings. The Bertz CT molecular complexity index is 396. The predicted octanol–water partition coefficient (Wildman–Crippen LogP) is 4.89. The van der Waals surface area contributed by atoms with Gasteiger partial charge in [-0.2, -0.15) is 0 Å². The molecule has 1 aliphatic rings. The summed E-state index contributed by atoms with van der Waals surface area (Å²) in [4.78, 5) is 1.44. The summed E-state index contributed by atoms with van der Waals surface area (Å²) in [5, 5.41) is 3.74. The van der Waals surface area contributed by atoms with Crippen LogP contribution in [-0.2, 0) is 0 Å². The van der Waals surface area contributed by atoms with E-state index in [1.54, 1.807) is 0 Å². The molecule has 1 nitrogen and oxygen atoms in total. The lowest BCUT2D eigenvalue weighted by Gasteiger charge is -2.33. The van der Waals surface area contributed by atoms with Gasteiger partial charge in [-0.05, 0) is 49.8 Å². The molecule has 1 N–H and O–H groups in total. The third-order valence-electron chi connectivity index (χ3n) is 4.61. The first-order valence-electron chi connectivity index (χ1n) is 8.12. The van der Waals surface area contributed by atoms with Crippen molar-refractivity contribution < 1.29 is 0 Å². The van der Waals surface area contributed by atoms with Crippen molar-refractivity contribution in [2.45, 2.75) is 57.4 Å². The van der Waals surface area contributed by atoms with Crippen LogP contribution in [0.25, 0.3) is 0 Å². The number of nitrogens with one attached hydrogen (secondary N) is 1. The van der Waals surface area contributed by atoms with Gasteiger partial charge in [-0.1, -0.05) is 44.9 Å². The average Bonchev–Trinajstić information content (AvgIpc) is 2.46. The second kappa shape index (κ2) is 8.09. The number of hydrogen-bond donors (Lipinski definition) is 1. The van der Waals surface area contributed by atoms with Crippen LogP contribution in [0.4, 0.5) is 0 Å². The molecule has 2 rings (SSSR count). The van der Waals surface area contributed by atoms with Gasteiger partial charge in [0, 0.05) is 16.7 Å². The highest BCUT2D eigenvalue weighted by Gasteiger charge is 2.25. The SMILES string of the molecule is CCNC(CSc1ccccc1C)C1CCC(C)CC1. The first-order chi connectivity index (χ1) is 9.70. The van der Waals surface area contributed by atoms with E-state index in [2.05, 4.69) is 50.4 Å². The summed E-state index contributed by atoms with van der Waals surface area (Å²) in [6, 6.07) is 9.43. The minimum Gasteiger partial charge on any atom is -0.313 e. The summed E-state index contributed by atoms with van der Waals surface area (Å²) in [6.07, 6.45) is 5.66. The minimum absolute atomic E-state index is 0.678. The fourth-order valence-corrected chi connectivity index (χ4v) is 4.43. The van der Waals surface area contributed by atoms with Crippen LogP contribution in [0, 0.1) is 18.8 Å². The quantitative estimate of drug-likeness (QED) is 0.749. The monoisotopic (exact) mass is 291 g/mol. The molecule has 1 aliphatic carbocycles. The molecule has 1 aromatic carbocycles. The van der Waals surface area contributed by atoms with Crippen LogP contribution in [-0.4, -0.2) is 18.3 Å². The standard InChI is InChI=1S/C18H29NS/c1-4-19-17(16-11-9-14(2)10-12-16)13-20-18-8-6-5-7-15(18)3/h5-8,14,16-17,19H,4,9-13H2,1-3H3. The molecule has 112 valence electrons. The fraction of sp³-hybridized carbons (Fsp3) is 0.667. The fourth-order valence-electron chi connectivity index (χ4n) is 3.21. The predicted molar refractivity (Wildman–Crippen MR) is 90.5 cm³/mol. The van der Waals surface area contributed by atoms with E-state index in [1.165, 1.54) is 41.9 Å². The van der Waals surface area contributed by atoms with E-state index >= 15 is 0 Å². The highest BCUT2D eigenvalue weighted by molar-refractivity contribution is 7.99. The van der Waals surface area contributed by atoms with Crippen molar-refractivity contribution in [1.82, 2.24) is 5.32 Å². The molecule has 0 bridgehead atoms. The first-order valence-corrected chi connectivity index (χ1v) is 9.11. The molecular weight excluding hydrogens is 262 g/mol. The molecule has 1 saturated carbocycles. The lowest BCUT2D eigenvalue weighted by Crippen LogP contribution is -2.39. The molecule has 0 aromatic heterocycles. The molecule has 0 radical (unpaired) electrons. The van der Waals surface area contributed by atoms with Gasteiger partial charge >= 0.3 is 0 Å². The molecule has 20 heavy (non-hydrogen) atoms. The van der Waals surface area contributed by atoms with E-state index in [1.807, 2.05) is 11.8 Å². The van der Waals surface area contributed by atoms with Crippen molar-refractivity contribution in [1.29, 1.82) is 0 Å². The Hall–Kier alpha value is -0.470. The van der Waals surface area contributed by atoms with E-state index in [4.69, 9.17) is 0 Å². The van der Waals surface area contributed by atoms with Crippen molar-refractivity contribution in [3.8, 4) is 0 Å². The van der Waals surface area contributed by atoms with Gasteiger partial charge in [-0.3, -0.25) is 0 Å². The highest BCUT2D eigenvalue weighted by atomic mass is 32.2. The molecule has 1 atom stereocenters. The van der Waals surface area contributed by atoms with Crippen LogP contribution in [0.15, 0.2) is 29.2 Å². The van der Waals surface area contributed by atoms with Crippen LogP contribution >= 0.6 is 11.8 Å². The topological polar surface area (TPSA) is 12.0 Å². The largest absolute Gasteiger partial charge is 0.313 e. The van der Waals surface area contributed by atoms with Gasteiger partial charge in [0.25, 0.3) is 0 Å². The second-order valence-electron chi connectivity index (χ2n) is 6.26. The third kappa shape index (κ3) is 4.53. The van der Waals surface area contributed by atoms with Gasteiger partial charge in [-0.15, -0.1) is 11.8 Å². The van der Waals surface area contributed by atoms with E-state index in [9.17, 15) is 0 Å². The zero-order valence-electron chi connectivity index (χ0n) is 13.2. The summed E-state index contributed by atoms with van der Waals surface area (Å²) >= 11 is 2.03. The molecule has 0 heterocycles. The maximum atomic E-state index is 3.74. The number of aryl methyl sites for hydroxylation is 1. The maximum Gasteiger partial charge on any atom is 0.0189 e. The van der Waals surface area contributed by atoms with Gasteiger partial charge in [0.2, 0.25) is 0 Å². The van der Waals surface area contributed by atoms with Crippen LogP contribution in [0.1, 0.15) is 45.1 Å². The molecular formula is C18H29NS. The lowest BCUT2D eigenvalue weighted by molar-refractivity contribution is 0.243. The number of hydrogen-bond acceptors (Lipinski definition) is 2. The molecule has 0 spiro atoms. The second-order valence-corrected chi connectivity index (χ2v) is 7.32. The van der Waals surface area contributed by atoms with E-state index in [-0.39, 0.29) is 0 Å². The smallest absolute Gasteiger partial charge is 0.0189 e. The van der Waals surface area contributed by atoms with Crippen molar-refractivity contribution >= 4 is 11.8 Å². The zero-order valence-corrected chi connectivity index (χ0v) is 14.0. The summed E-state index contributed by atoms with van der Waals surface area (Å²) in [7, 11) is 0. The molecule has 1 unspecified atom stereocenters. The normalized spacial score (nSPS) is 24.6. The Balaban J connectivity index is 1.90. The van der Waals surface area contributed by atoms with Crippen molar-refractivity contribution in [2.75, 3.05) is 12.3 Å². The molecule has 0 saturated heterocycles. The Morgan fingerprint density at radius 2 is 1.90 bits per heavy atom. The number of thioether (sulfide) groups is 1. The molecule has 1 fully saturated rings. The molecule has 0 amide bonds. The lowest BCUT2D eigenvalue weighted by atomic mass is 9.79. The summed E-state index contributed by atoms with van der Waals surface area (Å²) < 4.78 is 0. The van der Waals surface area contributed by atoms with Crippen molar-refractivity contribution in [3.63, 3.8) is 0 Å². The van der Waals surface area contributed by atoms with Crippen LogP contribution in [0.5, 0.6) is 0 Å². The number of rotatable bonds is 6. The van der Waals surface area contributed by atoms with Crippen LogP contribution < -0.4 is 5.32 Å². The van der Waals surface area contributed by atoms with E-state index in [0.29, 0.717) is 6.04 Å². The first kappa shape index (κ1) is 15.9. The van der Waals surface area contributed by atoms with Crippen LogP contribution in [0.2, 0.25) is 0 Å². The Morgan fingerprint density at radius 1 is 1.20 bits per heavy atom. The third-order valence-corrected chi connectivity index (χ3v) is 5.90. The van der Waals surface area contributed by atoms with E-state index in [0.717, 1.165) is 18.4 Å². The summed E-state index contributed by atoms with van der Waals surface area (Å²) in [6.45, 7) is 7.94. The van der Waals surface area contributed by atoms with Crippen molar-refractivity contribution in [3.05, 3.63) is 29.8 Å². The number of benzene rings is 1. The molecule has 2 heteroatoms. The van der Waals surface area contributed by atoms with Gasteiger partial charge in [-0.25, -0.2) is 0 Å². The summed E-state index contributed by atoms with van der Waals surface area (Å²) in [5.74, 6) is 3.03. The van der Waals surface area contributed by atoms with Gasteiger partial charge in [0.15, 0.2) is 0 Å². The van der Waals surface area contributed by atoms with Gasteiger partial charge < -0.3 is 5.32 Å². The minimum atomic E-state index is 0.678. The maximum absolute atomic E-state index is 3.74. The summed E-state index contributed by atoms with van der Waals surface area (Å²) in [5.41, 5.74) is 1.41. The zero-order chi connectivity index (χ0) is 14.4. The Labute approximate surface area is 128 Å². The van der Waals surface area contributed by atoms with E-state index < -0.39 is 0 Å². The van der Waals surface area contributed by atoms with Crippen LogP contribution in [0.3, 0.4) is 0 Å². The highest BCUT2D eigenvalue weighted by Crippen LogP contribution is 2.33. The van der Waals surface area contributed by atoms with Crippen molar-refractivity contribution in [2.24, 2.45) is 11.8 Å². The van der Waals surface area contributed by atoms with Gasteiger partial charge in [0.1, 0.15) is 0 Å². The van der Waals surface area contributed by atoms with Gasteiger partial charge in [0.05, 0.1) is 0 Å². The average molecular weight is 292 g/mol. The Morgan fingerprint density at radius 3 is 2.55 bits per heavy atom. The Kier molecular flexibility index (Phi) is 6.44. The molecule has 0 aliphatic heterocycles.